The number of ether oxygens (including phenoxy) is 2. The van der Waals surface area contributed by atoms with Crippen molar-refractivity contribution >= 4 is 11.9 Å². The van der Waals surface area contributed by atoms with E-state index < -0.39 is 17.9 Å². The van der Waals surface area contributed by atoms with Gasteiger partial charge in [0, 0.05) is 0 Å². The Balaban J connectivity index is 4.90. The van der Waals surface area contributed by atoms with E-state index in [4.69, 9.17) is 9.47 Å². The van der Waals surface area contributed by atoms with Gasteiger partial charge in [0.2, 0.25) is 0 Å². The van der Waals surface area contributed by atoms with Gasteiger partial charge in [-0.2, -0.15) is 0 Å². The first-order chi connectivity index (χ1) is 9.12. The van der Waals surface area contributed by atoms with E-state index in [0.29, 0.717) is 13.2 Å². The van der Waals surface area contributed by atoms with Crippen molar-refractivity contribution in [3.05, 3.63) is 0 Å². The van der Waals surface area contributed by atoms with Crippen LogP contribution in [0.25, 0.3) is 0 Å². The first-order valence-corrected chi connectivity index (χ1v) is 7.45. The second-order valence-corrected chi connectivity index (χ2v) is 4.67. The van der Waals surface area contributed by atoms with E-state index in [0.717, 1.165) is 32.1 Å². The lowest BCUT2D eigenvalue weighted by atomic mass is 9.84. The number of carbonyl (C=O) groups excluding carboxylic acids is 2. The second kappa shape index (κ2) is 10.8. The van der Waals surface area contributed by atoms with Gasteiger partial charge in [0.15, 0.2) is 5.92 Å². The van der Waals surface area contributed by atoms with Gasteiger partial charge < -0.3 is 9.47 Å². The van der Waals surface area contributed by atoms with Gasteiger partial charge in [0.25, 0.3) is 0 Å². The van der Waals surface area contributed by atoms with E-state index in [1.54, 1.807) is 13.8 Å². The fourth-order valence-corrected chi connectivity index (χ4v) is 2.26. The average Bonchev–Trinajstić information content (AvgIpc) is 2.37. The van der Waals surface area contributed by atoms with Crippen LogP contribution in [0.5, 0.6) is 0 Å². The number of rotatable bonds is 10. The topological polar surface area (TPSA) is 52.6 Å². The molecule has 0 aliphatic heterocycles. The normalized spacial score (nSPS) is 12.3. The van der Waals surface area contributed by atoms with E-state index in [1.807, 2.05) is 0 Å². The minimum Gasteiger partial charge on any atom is -0.465 e. The summed E-state index contributed by atoms with van der Waals surface area (Å²) in [7, 11) is 0. The largest absolute Gasteiger partial charge is 0.465 e. The molecule has 0 aromatic heterocycles. The van der Waals surface area contributed by atoms with Crippen LogP contribution in [0.4, 0.5) is 0 Å². The van der Waals surface area contributed by atoms with Crippen LogP contribution in [0.15, 0.2) is 0 Å². The maximum absolute atomic E-state index is 12.0. The smallest absolute Gasteiger partial charge is 0.320 e. The van der Waals surface area contributed by atoms with Crippen molar-refractivity contribution in [2.45, 2.75) is 59.8 Å². The quantitative estimate of drug-likeness (QED) is 0.452. The summed E-state index contributed by atoms with van der Waals surface area (Å²) >= 11 is 0. The van der Waals surface area contributed by atoms with Crippen LogP contribution in [0.1, 0.15) is 59.8 Å². The molecule has 0 saturated heterocycles. The highest BCUT2D eigenvalue weighted by Gasteiger charge is 2.36. The van der Waals surface area contributed by atoms with Gasteiger partial charge in [-0.1, -0.05) is 33.1 Å². The number of hydrogen-bond donors (Lipinski definition) is 0. The Kier molecular flexibility index (Phi) is 10.2. The van der Waals surface area contributed by atoms with E-state index >= 15 is 0 Å². The molecule has 1 unspecified atom stereocenters. The molecule has 0 aliphatic rings. The Labute approximate surface area is 116 Å². The molecule has 0 radical (unpaired) electrons. The van der Waals surface area contributed by atoms with Gasteiger partial charge in [-0.05, 0) is 32.6 Å². The van der Waals surface area contributed by atoms with Gasteiger partial charge in [-0.3, -0.25) is 9.59 Å². The molecule has 4 nitrogen and oxygen atoms in total. The van der Waals surface area contributed by atoms with Crippen LogP contribution in [-0.4, -0.2) is 25.2 Å². The molecule has 0 spiro atoms. The first kappa shape index (κ1) is 17.9. The van der Waals surface area contributed by atoms with Gasteiger partial charge in [-0.15, -0.1) is 0 Å². The van der Waals surface area contributed by atoms with Crippen molar-refractivity contribution < 1.29 is 19.1 Å². The lowest BCUT2D eigenvalue weighted by molar-refractivity contribution is -0.164. The SMILES string of the molecule is CCCCC(CCC)C(C(=O)OCC)C(=O)OCC. The minimum absolute atomic E-state index is 0.0306. The molecule has 0 bridgehead atoms. The van der Waals surface area contributed by atoms with Gasteiger partial charge in [0.05, 0.1) is 13.2 Å². The van der Waals surface area contributed by atoms with E-state index in [2.05, 4.69) is 13.8 Å². The zero-order valence-electron chi connectivity index (χ0n) is 12.7. The van der Waals surface area contributed by atoms with Crippen LogP contribution in [0.2, 0.25) is 0 Å². The Hall–Kier alpha value is -1.06. The molecule has 0 aromatic carbocycles. The molecular formula is C15H28O4. The summed E-state index contributed by atoms with van der Waals surface area (Å²) in [6.45, 7) is 8.25. The molecule has 0 aromatic rings. The highest BCUT2D eigenvalue weighted by Crippen LogP contribution is 2.26. The van der Waals surface area contributed by atoms with Crippen molar-refractivity contribution in [1.29, 1.82) is 0 Å². The monoisotopic (exact) mass is 272 g/mol. The summed E-state index contributed by atoms with van der Waals surface area (Å²) in [4.78, 5) is 24.0. The average molecular weight is 272 g/mol. The molecule has 0 aliphatic carbocycles. The highest BCUT2D eigenvalue weighted by molar-refractivity contribution is 5.95. The summed E-state index contributed by atoms with van der Waals surface area (Å²) in [5, 5.41) is 0. The van der Waals surface area contributed by atoms with Crippen molar-refractivity contribution in [2.24, 2.45) is 11.8 Å². The van der Waals surface area contributed by atoms with Gasteiger partial charge in [-0.25, -0.2) is 0 Å². The maximum Gasteiger partial charge on any atom is 0.320 e. The van der Waals surface area contributed by atoms with Crippen LogP contribution >= 0.6 is 0 Å². The Morgan fingerprint density at radius 3 is 1.74 bits per heavy atom. The fourth-order valence-electron chi connectivity index (χ4n) is 2.26. The molecular weight excluding hydrogens is 244 g/mol. The predicted molar refractivity (Wildman–Crippen MR) is 74.7 cm³/mol. The lowest BCUT2D eigenvalue weighted by Gasteiger charge is -2.23. The van der Waals surface area contributed by atoms with Crippen molar-refractivity contribution in [1.82, 2.24) is 0 Å². The molecule has 0 saturated carbocycles. The second-order valence-electron chi connectivity index (χ2n) is 4.67. The molecule has 1 atom stereocenters. The molecule has 0 amide bonds. The van der Waals surface area contributed by atoms with Gasteiger partial charge >= 0.3 is 11.9 Å². The molecule has 0 N–H and O–H groups in total. The zero-order chi connectivity index (χ0) is 14.7. The van der Waals surface area contributed by atoms with Crippen molar-refractivity contribution in [2.75, 3.05) is 13.2 Å². The third kappa shape index (κ3) is 6.60. The Morgan fingerprint density at radius 2 is 1.37 bits per heavy atom. The molecule has 0 fully saturated rings. The van der Waals surface area contributed by atoms with E-state index in [-0.39, 0.29) is 5.92 Å². The summed E-state index contributed by atoms with van der Waals surface area (Å²) in [5.41, 5.74) is 0. The van der Waals surface area contributed by atoms with Crippen molar-refractivity contribution in [3.63, 3.8) is 0 Å². The van der Waals surface area contributed by atoms with Crippen LogP contribution in [0.3, 0.4) is 0 Å². The summed E-state index contributed by atoms with van der Waals surface area (Å²) in [5.74, 6) is -1.60. The number of unbranched alkanes of at least 4 members (excludes halogenated alkanes) is 1. The van der Waals surface area contributed by atoms with Crippen molar-refractivity contribution in [3.8, 4) is 0 Å². The Morgan fingerprint density at radius 1 is 0.842 bits per heavy atom. The fraction of sp³-hybridized carbons (Fsp3) is 0.867. The number of esters is 2. The number of hydrogen-bond acceptors (Lipinski definition) is 4. The molecule has 19 heavy (non-hydrogen) atoms. The van der Waals surface area contributed by atoms with E-state index in [1.165, 1.54) is 0 Å². The zero-order valence-corrected chi connectivity index (χ0v) is 12.7. The maximum atomic E-state index is 12.0. The molecule has 4 heteroatoms. The lowest BCUT2D eigenvalue weighted by Crippen LogP contribution is -2.34. The van der Waals surface area contributed by atoms with Crippen LogP contribution in [0, 0.1) is 11.8 Å². The summed E-state index contributed by atoms with van der Waals surface area (Å²) in [6, 6.07) is 0. The third-order valence-corrected chi connectivity index (χ3v) is 3.14. The molecule has 0 heterocycles. The standard InChI is InChI=1S/C15H28O4/c1-5-9-11-12(10-6-2)13(14(16)18-7-3)15(17)19-8-4/h12-13H,5-11H2,1-4H3. The first-order valence-electron chi connectivity index (χ1n) is 7.45. The number of carbonyl (C=O) groups is 2. The minimum atomic E-state index is -0.758. The van der Waals surface area contributed by atoms with Crippen LogP contribution in [-0.2, 0) is 19.1 Å². The molecule has 112 valence electrons. The third-order valence-electron chi connectivity index (χ3n) is 3.14. The summed E-state index contributed by atoms with van der Waals surface area (Å²) in [6.07, 6.45) is 4.73. The van der Waals surface area contributed by atoms with Gasteiger partial charge in [0.1, 0.15) is 0 Å². The highest BCUT2D eigenvalue weighted by atomic mass is 16.6. The predicted octanol–water partition coefficient (Wildman–Crippen LogP) is 3.34. The molecule has 0 rings (SSSR count). The Bertz CT molecular complexity index is 245. The van der Waals surface area contributed by atoms with Crippen LogP contribution < -0.4 is 0 Å². The van der Waals surface area contributed by atoms with E-state index in [9.17, 15) is 9.59 Å². The summed E-state index contributed by atoms with van der Waals surface area (Å²) < 4.78 is 10.1.